The Labute approximate surface area is 160 Å². The van der Waals surface area contributed by atoms with Crippen LogP contribution in [0.15, 0.2) is 0 Å². The lowest BCUT2D eigenvalue weighted by Crippen LogP contribution is -2.49. The van der Waals surface area contributed by atoms with Crippen molar-refractivity contribution in [3.63, 3.8) is 0 Å². The molecule has 27 heavy (non-hydrogen) atoms. The van der Waals surface area contributed by atoms with Gasteiger partial charge < -0.3 is 19.9 Å². The van der Waals surface area contributed by atoms with E-state index in [0.29, 0.717) is 51.3 Å². The Hall–Kier alpha value is -1.44. The van der Waals surface area contributed by atoms with Crippen LogP contribution in [0.5, 0.6) is 0 Å². The molecule has 1 aromatic rings. The number of fused-ring (bicyclic) bond motifs is 1. The van der Waals surface area contributed by atoms with Gasteiger partial charge in [-0.25, -0.2) is 0 Å². The van der Waals surface area contributed by atoms with E-state index in [1.807, 2.05) is 20.8 Å². The predicted octanol–water partition coefficient (Wildman–Crippen LogP) is 1.98. The summed E-state index contributed by atoms with van der Waals surface area (Å²) in [6.07, 6.45) is 3.89. The standard InChI is InChI=1S/C20H31N3O4/c1-4-23-17(15-11-13(2)27-14(3)16(15)22-23)18(24)21-12-19(5-6-19)20(25)7-9-26-10-8-20/h13-14,25H,4-12H2,1-3H3,(H,21,24)/t13-,14+/m0/s1. The summed E-state index contributed by atoms with van der Waals surface area (Å²) in [5.41, 5.74) is 1.62. The number of nitrogens with one attached hydrogen (secondary N) is 1. The van der Waals surface area contributed by atoms with Gasteiger partial charge in [0.25, 0.3) is 5.91 Å². The lowest BCUT2D eigenvalue weighted by molar-refractivity contribution is -0.108. The van der Waals surface area contributed by atoms with E-state index in [2.05, 4.69) is 10.4 Å². The van der Waals surface area contributed by atoms with Crippen LogP contribution in [-0.2, 0) is 22.4 Å². The summed E-state index contributed by atoms with van der Waals surface area (Å²) in [7, 11) is 0. The van der Waals surface area contributed by atoms with E-state index in [4.69, 9.17) is 9.47 Å². The summed E-state index contributed by atoms with van der Waals surface area (Å²) >= 11 is 0. The van der Waals surface area contributed by atoms with Crippen molar-refractivity contribution in [2.75, 3.05) is 19.8 Å². The minimum absolute atomic E-state index is 0.0753. The van der Waals surface area contributed by atoms with Crippen molar-refractivity contribution in [1.29, 1.82) is 0 Å². The van der Waals surface area contributed by atoms with Crippen molar-refractivity contribution in [3.05, 3.63) is 17.0 Å². The molecule has 1 amide bonds. The van der Waals surface area contributed by atoms with Crippen LogP contribution in [0.25, 0.3) is 0 Å². The second kappa shape index (κ2) is 6.87. The first-order chi connectivity index (χ1) is 12.9. The molecule has 1 saturated heterocycles. The van der Waals surface area contributed by atoms with E-state index >= 15 is 0 Å². The minimum atomic E-state index is -0.722. The fourth-order valence-corrected chi connectivity index (χ4v) is 4.81. The Morgan fingerprint density at radius 3 is 2.63 bits per heavy atom. The van der Waals surface area contributed by atoms with Gasteiger partial charge in [-0.1, -0.05) is 0 Å². The van der Waals surface area contributed by atoms with Crippen molar-refractivity contribution in [2.45, 2.75) is 77.2 Å². The zero-order valence-electron chi connectivity index (χ0n) is 16.6. The number of hydrogen-bond acceptors (Lipinski definition) is 5. The van der Waals surface area contributed by atoms with E-state index in [1.54, 1.807) is 4.68 Å². The molecule has 150 valence electrons. The van der Waals surface area contributed by atoms with Gasteiger partial charge in [0.05, 0.1) is 23.5 Å². The average Bonchev–Trinajstić information content (AvgIpc) is 3.35. The number of ether oxygens (including phenoxy) is 2. The zero-order valence-corrected chi connectivity index (χ0v) is 16.6. The topological polar surface area (TPSA) is 85.6 Å². The molecule has 0 aromatic carbocycles. The first-order valence-electron chi connectivity index (χ1n) is 10.2. The van der Waals surface area contributed by atoms with Gasteiger partial charge in [-0.05, 0) is 33.6 Å². The number of aryl methyl sites for hydroxylation is 1. The van der Waals surface area contributed by atoms with Crippen LogP contribution < -0.4 is 5.32 Å². The lowest BCUT2D eigenvalue weighted by atomic mass is 9.78. The molecule has 1 aromatic heterocycles. The Morgan fingerprint density at radius 2 is 2.00 bits per heavy atom. The first kappa shape index (κ1) is 18.9. The van der Waals surface area contributed by atoms with Gasteiger partial charge >= 0.3 is 0 Å². The number of rotatable bonds is 5. The third-order valence-corrected chi connectivity index (χ3v) is 6.66. The summed E-state index contributed by atoms with van der Waals surface area (Å²) in [4.78, 5) is 13.1. The molecule has 7 nitrogen and oxygen atoms in total. The van der Waals surface area contributed by atoms with Crippen LogP contribution in [0.3, 0.4) is 0 Å². The Morgan fingerprint density at radius 1 is 1.30 bits per heavy atom. The number of carbonyl (C=O) groups is 1. The molecule has 2 fully saturated rings. The molecule has 3 heterocycles. The highest BCUT2D eigenvalue weighted by Crippen LogP contribution is 2.57. The van der Waals surface area contributed by atoms with Crippen molar-refractivity contribution in [3.8, 4) is 0 Å². The zero-order chi connectivity index (χ0) is 19.2. The Kier molecular flexibility index (Phi) is 4.81. The summed E-state index contributed by atoms with van der Waals surface area (Å²) < 4.78 is 13.1. The van der Waals surface area contributed by atoms with Crippen molar-refractivity contribution >= 4 is 5.91 Å². The van der Waals surface area contributed by atoms with E-state index in [0.717, 1.165) is 24.1 Å². The molecule has 0 spiro atoms. The monoisotopic (exact) mass is 377 g/mol. The Bertz CT molecular complexity index is 719. The molecule has 1 aliphatic carbocycles. The fourth-order valence-electron chi connectivity index (χ4n) is 4.81. The SMILES string of the molecule is CCn1nc2c(c1C(=O)NCC1(C3(O)CCOCC3)CC1)C[C@H](C)O[C@@H]2C. The normalized spacial score (nSPS) is 28.4. The second-order valence-corrected chi connectivity index (χ2v) is 8.43. The van der Waals surface area contributed by atoms with E-state index < -0.39 is 5.60 Å². The van der Waals surface area contributed by atoms with Crippen LogP contribution >= 0.6 is 0 Å². The third-order valence-electron chi connectivity index (χ3n) is 6.66. The summed E-state index contributed by atoms with van der Waals surface area (Å²) in [6.45, 7) is 8.36. The molecule has 0 unspecified atom stereocenters. The molecule has 4 rings (SSSR count). The van der Waals surface area contributed by atoms with Gasteiger partial charge in [-0.3, -0.25) is 9.48 Å². The summed E-state index contributed by atoms with van der Waals surface area (Å²) in [6, 6.07) is 0. The van der Waals surface area contributed by atoms with Crippen LogP contribution in [0, 0.1) is 5.41 Å². The number of hydrogen-bond donors (Lipinski definition) is 2. The van der Waals surface area contributed by atoms with E-state index in [-0.39, 0.29) is 23.5 Å². The second-order valence-electron chi connectivity index (χ2n) is 8.43. The molecular formula is C20H31N3O4. The predicted molar refractivity (Wildman–Crippen MR) is 99.6 cm³/mol. The van der Waals surface area contributed by atoms with Crippen LogP contribution in [0.2, 0.25) is 0 Å². The third kappa shape index (κ3) is 3.19. The van der Waals surface area contributed by atoms with Gasteiger partial charge in [-0.2, -0.15) is 5.10 Å². The number of amides is 1. The maximum absolute atomic E-state index is 13.1. The largest absolute Gasteiger partial charge is 0.389 e. The van der Waals surface area contributed by atoms with Gasteiger partial charge in [0, 0.05) is 56.5 Å². The summed E-state index contributed by atoms with van der Waals surface area (Å²) in [5.74, 6) is -0.0890. The number of aliphatic hydroxyl groups is 1. The number of carbonyl (C=O) groups excluding carboxylic acids is 1. The minimum Gasteiger partial charge on any atom is -0.389 e. The van der Waals surface area contributed by atoms with Gasteiger partial charge in [-0.15, -0.1) is 0 Å². The van der Waals surface area contributed by atoms with E-state index in [9.17, 15) is 9.90 Å². The van der Waals surface area contributed by atoms with Crippen molar-refractivity contribution < 1.29 is 19.4 Å². The maximum Gasteiger partial charge on any atom is 0.269 e. The molecule has 2 atom stereocenters. The highest BCUT2D eigenvalue weighted by Gasteiger charge is 2.58. The fraction of sp³-hybridized carbons (Fsp3) is 0.800. The molecule has 7 heteroatoms. The first-order valence-corrected chi connectivity index (χ1v) is 10.2. The van der Waals surface area contributed by atoms with Crippen LogP contribution in [0.4, 0.5) is 0 Å². The van der Waals surface area contributed by atoms with Crippen molar-refractivity contribution in [2.24, 2.45) is 5.41 Å². The highest BCUT2D eigenvalue weighted by molar-refractivity contribution is 5.94. The maximum atomic E-state index is 13.1. The number of nitrogens with zero attached hydrogens (tertiary/aromatic N) is 2. The van der Waals surface area contributed by atoms with Crippen LogP contribution in [-0.4, -0.2) is 52.3 Å². The van der Waals surface area contributed by atoms with Gasteiger partial charge in [0.15, 0.2) is 0 Å². The quantitative estimate of drug-likeness (QED) is 0.819. The van der Waals surface area contributed by atoms with Gasteiger partial charge in [0.2, 0.25) is 0 Å². The highest BCUT2D eigenvalue weighted by atomic mass is 16.5. The molecule has 0 bridgehead atoms. The Balaban J connectivity index is 1.52. The lowest BCUT2D eigenvalue weighted by Gasteiger charge is -2.39. The number of aromatic nitrogens is 2. The molecule has 2 N–H and O–H groups in total. The molecule has 1 saturated carbocycles. The van der Waals surface area contributed by atoms with Crippen LogP contribution in [0.1, 0.15) is 74.3 Å². The molecular weight excluding hydrogens is 346 g/mol. The molecule has 0 radical (unpaired) electrons. The smallest absolute Gasteiger partial charge is 0.269 e. The van der Waals surface area contributed by atoms with E-state index in [1.165, 1.54) is 0 Å². The molecule has 3 aliphatic rings. The average molecular weight is 377 g/mol. The summed E-state index contributed by atoms with van der Waals surface area (Å²) in [5, 5.41) is 18.9. The van der Waals surface area contributed by atoms with Gasteiger partial charge in [0.1, 0.15) is 5.69 Å². The van der Waals surface area contributed by atoms with Crippen molar-refractivity contribution in [1.82, 2.24) is 15.1 Å². The molecule has 2 aliphatic heterocycles.